The molecule has 4 heteroatoms. The van der Waals surface area contributed by atoms with E-state index in [4.69, 9.17) is 4.74 Å². The molecule has 140 valence electrons. The van der Waals surface area contributed by atoms with Crippen LogP contribution in [0.5, 0.6) is 5.75 Å². The summed E-state index contributed by atoms with van der Waals surface area (Å²) in [7, 11) is 0. The van der Waals surface area contributed by atoms with Gasteiger partial charge < -0.3 is 10.1 Å². The molecule has 0 atom stereocenters. The van der Waals surface area contributed by atoms with E-state index in [0.29, 0.717) is 6.61 Å². The molecule has 1 heterocycles. The van der Waals surface area contributed by atoms with Crippen molar-refractivity contribution >= 4 is 11.6 Å². The topological polar surface area (TPSA) is 41.6 Å². The summed E-state index contributed by atoms with van der Waals surface area (Å²) in [5.74, 6) is 0.743. The quantitative estimate of drug-likeness (QED) is 0.734. The van der Waals surface area contributed by atoms with Gasteiger partial charge in [-0.1, -0.05) is 24.8 Å². The van der Waals surface area contributed by atoms with Crippen molar-refractivity contribution in [2.24, 2.45) is 0 Å². The lowest BCUT2D eigenvalue weighted by Gasteiger charge is -2.28. The Balaban J connectivity index is 0.00000261. The van der Waals surface area contributed by atoms with Gasteiger partial charge in [-0.2, -0.15) is 0 Å². The molecule has 0 unspecified atom stereocenters. The zero-order valence-electron chi connectivity index (χ0n) is 15.8. The lowest BCUT2D eigenvalue weighted by atomic mass is 10.00. The molecule has 26 heavy (non-hydrogen) atoms. The van der Waals surface area contributed by atoms with Crippen molar-refractivity contribution < 1.29 is 11.0 Å². The van der Waals surface area contributed by atoms with Crippen molar-refractivity contribution in [3.05, 3.63) is 59.2 Å². The standard InChI is InChI=1S/C22H28N2O2.H2/c1-16-6-8-19-15-24(12-10-21(16)19)11-4-5-13-26-20-9-7-17(2)22(14-20)23-18(3)25;/h6-9,14H,1,4-5,10-13,15H2,2-3H3,(H,23,25);1H. The van der Waals surface area contributed by atoms with E-state index in [0.717, 1.165) is 55.9 Å². The van der Waals surface area contributed by atoms with Crippen molar-refractivity contribution in [2.45, 2.75) is 33.1 Å². The zero-order chi connectivity index (χ0) is 18.5. The highest BCUT2D eigenvalue weighted by Gasteiger charge is 2.20. The molecule has 1 amide bonds. The Kier molecular flexibility index (Phi) is 5.94. The predicted molar refractivity (Wildman–Crippen MR) is 109 cm³/mol. The maximum absolute atomic E-state index is 11.2. The molecule has 0 saturated heterocycles. The average Bonchev–Trinajstić information content (AvgIpc) is 2.97. The van der Waals surface area contributed by atoms with Gasteiger partial charge in [-0.05, 0) is 61.1 Å². The highest BCUT2D eigenvalue weighted by atomic mass is 16.5. The first kappa shape index (κ1) is 18.5. The molecule has 1 aromatic rings. The normalized spacial score (nSPS) is 16.8. The number of anilines is 1. The van der Waals surface area contributed by atoms with Crippen molar-refractivity contribution in [1.29, 1.82) is 0 Å². The summed E-state index contributed by atoms with van der Waals surface area (Å²) in [6.45, 7) is 11.6. The number of hydrogen-bond donors (Lipinski definition) is 1. The molecule has 0 aromatic heterocycles. The van der Waals surface area contributed by atoms with Gasteiger partial charge in [0.15, 0.2) is 0 Å². The number of carbonyl (C=O) groups excluding carboxylic acids is 1. The minimum Gasteiger partial charge on any atom is -0.494 e. The van der Waals surface area contributed by atoms with Crippen LogP contribution in [0, 0.1) is 6.92 Å². The number of aryl methyl sites for hydroxylation is 1. The molecule has 1 N–H and O–H groups in total. The molecule has 4 nitrogen and oxygen atoms in total. The molecule has 1 aliphatic heterocycles. The van der Waals surface area contributed by atoms with Gasteiger partial charge in [-0.25, -0.2) is 0 Å². The second kappa shape index (κ2) is 8.37. The van der Waals surface area contributed by atoms with Gasteiger partial charge in [-0.15, -0.1) is 0 Å². The van der Waals surface area contributed by atoms with Crippen LogP contribution in [0.1, 0.15) is 33.2 Å². The SMILES string of the molecule is C=C1C=CC2=C1CCN(CCCCOc1ccc(C)c(NC(C)=O)c1)C2.[HH]. The number of hydrogen-bond acceptors (Lipinski definition) is 3. The van der Waals surface area contributed by atoms with Crippen molar-refractivity contribution in [3.63, 3.8) is 0 Å². The van der Waals surface area contributed by atoms with E-state index in [1.54, 1.807) is 0 Å². The van der Waals surface area contributed by atoms with Crippen molar-refractivity contribution in [3.8, 4) is 5.75 Å². The van der Waals surface area contributed by atoms with Gasteiger partial charge in [0.2, 0.25) is 5.91 Å². The van der Waals surface area contributed by atoms with Crippen LogP contribution in [0.15, 0.2) is 53.6 Å². The molecule has 1 aliphatic carbocycles. The van der Waals surface area contributed by atoms with Crippen LogP contribution in [0.25, 0.3) is 0 Å². The Bertz CT molecular complexity index is 768. The van der Waals surface area contributed by atoms with Crippen LogP contribution in [-0.2, 0) is 4.79 Å². The molecular formula is C22H30N2O2. The van der Waals surface area contributed by atoms with Crippen LogP contribution in [0.2, 0.25) is 0 Å². The average molecular weight is 354 g/mol. The monoisotopic (exact) mass is 354 g/mol. The number of amides is 1. The maximum atomic E-state index is 11.2. The minimum absolute atomic E-state index is 0. The fourth-order valence-corrected chi connectivity index (χ4v) is 3.50. The largest absolute Gasteiger partial charge is 0.494 e. The smallest absolute Gasteiger partial charge is 0.221 e. The number of nitrogens with one attached hydrogen (secondary N) is 1. The summed E-state index contributed by atoms with van der Waals surface area (Å²) in [5.41, 5.74) is 5.96. The minimum atomic E-state index is -0.0641. The number of benzene rings is 1. The van der Waals surface area contributed by atoms with Gasteiger partial charge in [0.1, 0.15) is 5.75 Å². The number of ether oxygens (including phenoxy) is 1. The van der Waals surface area contributed by atoms with Crippen molar-refractivity contribution in [1.82, 2.24) is 4.90 Å². The second-order valence-electron chi connectivity index (χ2n) is 7.10. The maximum Gasteiger partial charge on any atom is 0.221 e. The second-order valence-corrected chi connectivity index (χ2v) is 7.10. The van der Waals surface area contributed by atoms with Crippen LogP contribution >= 0.6 is 0 Å². The van der Waals surface area contributed by atoms with E-state index in [2.05, 4.69) is 28.9 Å². The Morgan fingerprint density at radius 2 is 2.19 bits per heavy atom. The molecule has 0 bridgehead atoms. The van der Waals surface area contributed by atoms with Crippen LogP contribution in [-0.4, -0.2) is 37.0 Å². The summed E-state index contributed by atoms with van der Waals surface area (Å²) in [4.78, 5) is 13.8. The summed E-state index contributed by atoms with van der Waals surface area (Å²) < 4.78 is 5.85. The van der Waals surface area contributed by atoms with E-state index in [1.807, 2.05) is 25.1 Å². The number of unbranched alkanes of at least 4 members (excludes halogenated alkanes) is 1. The Hall–Kier alpha value is -2.33. The zero-order valence-corrected chi connectivity index (χ0v) is 15.8. The highest BCUT2D eigenvalue weighted by Crippen LogP contribution is 2.30. The number of nitrogens with zero attached hydrogens (tertiary/aromatic N) is 1. The molecule has 3 rings (SSSR count). The fraction of sp³-hybridized carbons (Fsp3) is 0.409. The summed E-state index contributed by atoms with van der Waals surface area (Å²) in [5, 5.41) is 2.84. The van der Waals surface area contributed by atoms with Gasteiger partial charge >= 0.3 is 0 Å². The highest BCUT2D eigenvalue weighted by molar-refractivity contribution is 5.89. The molecule has 0 spiro atoms. The third-order valence-electron chi connectivity index (χ3n) is 4.99. The van der Waals surface area contributed by atoms with Gasteiger partial charge in [-0.3, -0.25) is 9.69 Å². The van der Waals surface area contributed by atoms with E-state index in [1.165, 1.54) is 23.6 Å². The number of rotatable bonds is 7. The van der Waals surface area contributed by atoms with Gasteiger partial charge in [0.05, 0.1) is 6.61 Å². The third-order valence-corrected chi connectivity index (χ3v) is 4.99. The number of allylic oxidation sites excluding steroid dienone is 2. The summed E-state index contributed by atoms with van der Waals surface area (Å²) >= 11 is 0. The lowest BCUT2D eigenvalue weighted by molar-refractivity contribution is -0.114. The van der Waals surface area contributed by atoms with Crippen LogP contribution < -0.4 is 10.1 Å². The molecular weight excluding hydrogens is 324 g/mol. The molecule has 2 aliphatic rings. The fourth-order valence-electron chi connectivity index (χ4n) is 3.50. The summed E-state index contributed by atoms with van der Waals surface area (Å²) in [6.07, 6.45) is 7.62. The van der Waals surface area contributed by atoms with E-state index in [-0.39, 0.29) is 7.33 Å². The Labute approximate surface area is 157 Å². The molecule has 0 saturated carbocycles. The van der Waals surface area contributed by atoms with E-state index < -0.39 is 0 Å². The number of carbonyl (C=O) groups is 1. The summed E-state index contributed by atoms with van der Waals surface area (Å²) in [6, 6.07) is 5.83. The van der Waals surface area contributed by atoms with Crippen LogP contribution in [0.3, 0.4) is 0 Å². The van der Waals surface area contributed by atoms with Gasteiger partial charge in [0.25, 0.3) is 0 Å². The third kappa shape index (κ3) is 4.64. The first-order valence-corrected chi connectivity index (χ1v) is 9.35. The molecule has 0 radical (unpaired) electrons. The first-order valence-electron chi connectivity index (χ1n) is 9.35. The lowest BCUT2D eigenvalue weighted by Crippen LogP contribution is -2.31. The predicted octanol–water partition coefficient (Wildman–Crippen LogP) is 4.49. The molecule has 0 fully saturated rings. The van der Waals surface area contributed by atoms with Crippen molar-refractivity contribution in [2.75, 3.05) is 31.6 Å². The Morgan fingerprint density at radius 3 is 3.00 bits per heavy atom. The van der Waals surface area contributed by atoms with Gasteiger partial charge in [0, 0.05) is 33.2 Å². The van der Waals surface area contributed by atoms with Crippen LogP contribution in [0.4, 0.5) is 5.69 Å². The Morgan fingerprint density at radius 1 is 1.35 bits per heavy atom. The van der Waals surface area contributed by atoms with E-state index in [9.17, 15) is 4.79 Å². The first-order chi connectivity index (χ1) is 12.5. The van der Waals surface area contributed by atoms with E-state index >= 15 is 0 Å². The molecule has 1 aromatic carbocycles.